The van der Waals surface area contributed by atoms with E-state index in [0.29, 0.717) is 12.8 Å². The van der Waals surface area contributed by atoms with Crippen LogP contribution in [-0.4, -0.2) is 32.1 Å². The highest BCUT2D eigenvalue weighted by Crippen LogP contribution is 2.26. The second kappa shape index (κ2) is 5.41. The molecule has 0 bridgehead atoms. The molecule has 0 aliphatic heterocycles. The van der Waals surface area contributed by atoms with Crippen LogP contribution in [0.5, 0.6) is 0 Å². The molecule has 0 aromatic heterocycles. The lowest BCUT2D eigenvalue weighted by Crippen LogP contribution is -2.33. The van der Waals surface area contributed by atoms with Gasteiger partial charge >= 0.3 is 0 Å². The number of methoxy groups -OCH3 is 1. The average Bonchev–Trinajstić information content (AvgIpc) is 2.39. The summed E-state index contributed by atoms with van der Waals surface area (Å²) in [5.74, 6) is 0. The molecule has 0 saturated heterocycles. The van der Waals surface area contributed by atoms with Gasteiger partial charge in [-0.15, -0.1) is 0 Å². The first kappa shape index (κ1) is 13.6. The van der Waals surface area contributed by atoms with Crippen LogP contribution < -0.4 is 0 Å². The summed E-state index contributed by atoms with van der Waals surface area (Å²) in [7, 11) is -1.46. The normalized spacial score (nSPS) is 32.3. The van der Waals surface area contributed by atoms with Gasteiger partial charge in [-0.2, -0.15) is 0 Å². The fourth-order valence-corrected chi connectivity index (χ4v) is 4.30. The smallest absolute Gasteiger partial charge is 0.163 e. The van der Waals surface area contributed by atoms with Gasteiger partial charge in [0.2, 0.25) is 0 Å². The number of allylic oxidation sites excluding steroid dienone is 3. The monoisotopic (exact) mass is 268 g/mol. The van der Waals surface area contributed by atoms with E-state index in [-0.39, 0.29) is 16.6 Å². The van der Waals surface area contributed by atoms with Gasteiger partial charge < -0.3 is 4.74 Å². The van der Waals surface area contributed by atoms with E-state index in [4.69, 9.17) is 4.74 Å². The van der Waals surface area contributed by atoms with Gasteiger partial charge in [-0.05, 0) is 26.2 Å². The van der Waals surface area contributed by atoms with Crippen molar-refractivity contribution in [2.45, 2.75) is 42.8 Å². The molecule has 0 aromatic rings. The van der Waals surface area contributed by atoms with Gasteiger partial charge in [0.1, 0.15) is 0 Å². The molecule has 0 saturated carbocycles. The van der Waals surface area contributed by atoms with E-state index in [9.17, 15) is 8.42 Å². The van der Waals surface area contributed by atoms with E-state index in [0.717, 1.165) is 12.0 Å². The minimum atomic E-state index is -3.11. The van der Waals surface area contributed by atoms with Crippen LogP contribution in [0.3, 0.4) is 0 Å². The SMILES string of the molecule is COC1C=CC(S(=O)(=O)C2C=CC(C)=CC2)CC1. The summed E-state index contributed by atoms with van der Waals surface area (Å²) in [6, 6.07) is 0. The zero-order chi connectivity index (χ0) is 13.2. The van der Waals surface area contributed by atoms with Crippen molar-refractivity contribution in [3.05, 3.63) is 36.0 Å². The molecular weight excluding hydrogens is 248 g/mol. The Hall–Kier alpha value is -0.870. The highest BCUT2D eigenvalue weighted by molar-refractivity contribution is 7.93. The molecule has 0 spiro atoms. The molecule has 18 heavy (non-hydrogen) atoms. The van der Waals surface area contributed by atoms with Crippen LogP contribution in [0.4, 0.5) is 0 Å². The van der Waals surface area contributed by atoms with Crippen molar-refractivity contribution in [3.63, 3.8) is 0 Å². The van der Waals surface area contributed by atoms with E-state index in [1.54, 1.807) is 13.2 Å². The van der Waals surface area contributed by atoms with E-state index in [1.165, 1.54) is 0 Å². The van der Waals surface area contributed by atoms with Crippen LogP contribution >= 0.6 is 0 Å². The summed E-state index contributed by atoms with van der Waals surface area (Å²) < 4.78 is 30.1. The third-order valence-electron chi connectivity index (χ3n) is 3.67. The molecule has 0 amide bonds. The highest BCUT2D eigenvalue weighted by Gasteiger charge is 2.33. The Morgan fingerprint density at radius 1 is 1.17 bits per heavy atom. The first-order chi connectivity index (χ1) is 8.54. The Morgan fingerprint density at radius 3 is 2.44 bits per heavy atom. The van der Waals surface area contributed by atoms with Crippen molar-refractivity contribution in [3.8, 4) is 0 Å². The van der Waals surface area contributed by atoms with E-state index in [1.807, 2.05) is 31.2 Å². The van der Waals surface area contributed by atoms with Gasteiger partial charge in [0.05, 0.1) is 16.6 Å². The van der Waals surface area contributed by atoms with Gasteiger partial charge in [-0.3, -0.25) is 0 Å². The topological polar surface area (TPSA) is 43.4 Å². The summed E-state index contributed by atoms with van der Waals surface area (Å²) in [4.78, 5) is 0. The fraction of sp³-hybridized carbons (Fsp3) is 0.571. The molecule has 0 fully saturated rings. The Balaban J connectivity index is 2.11. The van der Waals surface area contributed by atoms with Gasteiger partial charge in [-0.25, -0.2) is 8.42 Å². The Labute approximate surface area is 109 Å². The van der Waals surface area contributed by atoms with Crippen molar-refractivity contribution in [1.29, 1.82) is 0 Å². The lowest BCUT2D eigenvalue weighted by Gasteiger charge is -2.25. The van der Waals surface area contributed by atoms with Crippen LogP contribution in [0.25, 0.3) is 0 Å². The molecule has 2 aliphatic rings. The van der Waals surface area contributed by atoms with Crippen LogP contribution in [-0.2, 0) is 14.6 Å². The number of sulfone groups is 1. The van der Waals surface area contributed by atoms with Crippen LogP contribution in [0, 0.1) is 0 Å². The van der Waals surface area contributed by atoms with Gasteiger partial charge in [0.15, 0.2) is 9.84 Å². The molecule has 3 unspecified atom stereocenters. The zero-order valence-electron chi connectivity index (χ0n) is 10.9. The minimum absolute atomic E-state index is 0.0699. The first-order valence-electron chi connectivity index (χ1n) is 6.33. The standard InChI is InChI=1S/C14H20O3S/c1-11-3-7-13(8-4-11)18(15,16)14-9-5-12(17-2)6-10-14/h3-5,7,9,12-14H,6,8,10H2,1-2H3. The van der Waals surface area contributed by atoms with Crippen LogP contribution in [0.15, 0.2) is 36.0 Å². The van der Waals surface area contributed by atoms with E-state index >= 15 is 0 Å². The number of hydrogen-bond acceptors (Lipinski definition) is 3. The predicted octanol–water partition coefficient (Wildman–Crippen LogP) is 2.41. The molecule has 0 N–H and O–H groups in total. The van der Waals surface area contributed by atoms with E-state index in [2.05, 4.69) is 0 Å². The molecule has 3 atom stereocenters. The molecule has 2 aliphatic carbocycles. The van der Waals surface area contributed by atoms with Gasteiger partial charge in [-0.1, -0.05) is 36.0 Å². The summed E-state index contributed by atoms with van der Waals surface area (Å²) in [5.41, 5.74) is 1.14. The number of rotatable bonds is 3. The Kier molecular flexibility index (Phi) is 4.07. The molecule has 0 heterocycles. The predicted molar refractivity (Wildman–Crippen MR) is 73.2 cm³/mol. The molecule has 4 heteroatoms. The molecule has 100 valence electrons. The van der Waals surface area contributed by atoms with Crippen molar-refractivity contribution in [2.24, 2.45) is 0 Å². The zero-order valence-corrected chi connectivity index (χ0v) is 11.7. The summed E-state index contributed by atoms with van der Waals surface area (Å²) in [6.07, 6.45) is 11.5. The highest BCUT2D eigenvalue weighted by atomic mass is 32.2. The lowest BCUT2D eigenvalue weighted by atomic mass is 10.1. The summed E-state index contributed by atoms with van der Waals surface area (Å²) >= 11 is 0. The van der Waals surface area contributed by atoms with Crippen LogP contribution in [0.2, 0.25) is 0 Å². The second-order valence-corrected chi connectivity index (χ2v) is 7.33. The number of hydrogen-bond donors (Lipinski definition) is 0. The van der Waals surface area contributed by atoms with Crippen LogP contribution in [0.1, 0.15) is 26.2 Å². The van der Waals surface area contributed by atoms with Crippen molar-refractivity contribution in [2.75, 3.05) is 7.11 Å². The van der Waals surface area contributed by atoms with E-state index < -0.39 is 9.84 Å². The van der Waals surface area contributed by atoms with Crippen molar-refractivity contribution in [1.82, 2.24) is 0 Å². The third-order valence-corrected chi connectivity index (χ3v) is 6.10. The third kappa shape index (κ3) is 2.75. The lowest BCUT2D eigenvalue weighted by molar-refractivity contribution is 0.128. The largest absolute Gasteiger partial charge is 0.377 e. The molecule has 3 nitrogen and oxygen atoms in total. The molecular formula is C14H20O3S. The van der Waals surface area contributed by atoms with Crippen molar-refractivity contribution >= 4 is 9.84 Å². The number of ether oxygens (including phenoxy) is 1. The Morgan fingerprint density at radius 2 is 1.94 bits per heavy atom. The fourth-order valence-electron chi connectivity index (χ4n) is 2.41. The first-order valence-corrected chi connectivity index (χ1v) is 7.94. The molecule has 0 aromatic carbocycles. The summed E-state index contributed by atoms with van der Waals surface area (Å²) in [6.45, 7) is 1.99. The average molecular weight is 268 g/mol. The maximum Gasteiger partial charge on any atom is 0.163 e. The maximum atomic E-state index is 12.5. The molecule has 2 rings (SSSR count). The quantitative estimate of drug-likeness (QED) is 0.738. The van der Waals surface area contributed by atoms with Crippen molar-refractivity contribution < 1.29 is 13.2 Å². The van der Waals surface area contributed by atoms with Gasteiger partial charge in [0.25, 0.3) is 0 Å². The molecule has 0 radical (unpaired) electrons. The maximum absolute atomic E-state index is 12.5. The Bertz CT molecular complexity index is 485. The summed E-state index contributed by atoms with van der Waals surface area (Å²) in [5, 5.41) is -0.722. The second-order valence-electron chi connectivity index (χ2n) is 4.95. The minimum Gasteiger partial charge on any atom is -0.377 e. The van der Waals surface area contributed by atoms with Gasteiger partial charge in [0, 0.05) is 7.11 Å².